The lowest BCUT2D eigenvalue weighted by Gasteiger charge is -2.12. The van der Waals surface area contributed by atoms with Gasteiger partial charge in [-0.1, -0.05) is 30.0 Å². The first-order valence-electron chi connectivity index (χ1n) is 8.43. The fourth-order valence-corrected chi connectivity index (χ4v) is 3.18. The second-order valence-corrected chi connectivity index (χ2v) is 7.25. The first kappa shape index (κ1) is 19.6. The third kappa shape index (κ3) is 4.55. The number of hydrogen-bond acceptors (Lipinski definition) is 5. The predicted molar refractivity (Wildman–Crippen MR) is 104 cm³/mol. The Labute approximate surface area is 165 Å². The van der Waals surface area contributed by atoms with E-state index in [0.717, 1.165) is 5.56 Å². The summed E-state index contributed by atoms with van der Waals surface area (Å²) in [5.74, 6) is -0.542. The molecule has 2 N–H and O–H groups in total. The van der Waals surface area contributed by atoms with Gasteiger partial charge in [0.15, 0.2) is 11.0 Å². The van der Waals surface area contributed by atoms with Gasteiger partial charge in [0.2, 0.25) is 0 Å². The highest BCUT2D eigenvalue weighted by molar-refractivity contribution is 8.00. The molecule has 1 atom stereocenters. The number of hydrogen-bond donors (Lipinski definition) is 2. The molecule has 3 aromatic rings. The summed E-state index contributed by atoms with van der Waals surface area (Å²) in [4.78, 5) is 24.2. The summed E-state index contributed by atoms with van der Waals surface area (Å²) in [6.45, 7) is 1.70. The summed E-state index contributed by atoms with van der Waals surface area (Å²) in [5.41, 5.74) is 5.96. The standard InChI is InChI=1S/C19H18FN5O2S/c1-12(17(26)22-23-18(27)14-6-4-3-5-7-14)28-19-24-21-16(25(19)2)13-8-10-15(20)11-9-13/h3-12H,1-2H3,(H,22,26)(H,23,27)/t12-/m1/s1. The molecule has 0 aliphatic heterocycles. The molecule has 0 aliphatic carbocycles. The van der Waals surface area contributed by atoms with Gasteiger partial charge in [0.25, 0.3) is 11.8 Å². The van der Waals surface area contributed by atoms with E-state index < -0.39 is 11.2 Å². The van der Waals surface area contributed by atoms with Crippen LogP contribution in [0, 0.1) is 5.82 Å². The molecular formula is C19H18FN5O2S. The zero-order chi connectivity index (χ0) is 20.1. The van der Waals surface area contributed by atoms with Crippen molar-refractivity contribution in [3.63, 3.8) is 0 Å². The van der Waals surface area contributed by atoms with Crippen molar-refractivity contribution in [1.29, 1.82) is 0 Å². The average Bonchev–Trinajstić information content (AvgIpc) is 3.07. The Morgan fingerprint density at radius 3 is 2.39 bits per heavy atom. The monoisotopic (exact) mass is 399 g/mol. The summed E-state index contributed by atoms with van der Waals surface area (Å²) in [6, 6.07) is 14.5. The van der Waals surface area contributed by atoms with Crippen LogP contribution < -0.4 is 10.9 Å². The van der Waals surface area contributed by atoms with Gasteiger partial charge in [-0.3, -0.25) is 20.4 Å². The van der Waals surface area contributed by atoms with Gasteiger partial charge in [-0.25, -0.2) is 4.39 Å². The zero-order valence-electron chi connectivity index (χ0n) is 15.2. The van der Waals surface area contributed by atoms with Crippen molar-refractivity contribution in [2.45, 2.75) is 17.3 Å². The van der Waals surface area contributed by atoms with Crippen LogP contribution in [0.3, 0.4) is 0 Å². The van der Waals surface area contributed by atoms with Crippen molar-refractivity contribution >= 4 is 23.6 Å². The van der Waals surface area contributed by atoms with Crippen LogP contribution in [0.4, 0.5) is 4.39 Å². The minimum atomic E-state index is -0.528. The SMILES string of the molecule is C[C@@H](Sc1nnc(-c2ccc(F)cc2)n1C)C(=O)NNC(=O)c1ccccc1. The number of benzene rings is 2. The van der Waals surface area contributed by atoms with Gasteiger partial charge in [-0.2, -0.15) is 0 Å². The molecule has 0 radical (unpaired) electrons. The van der Waals surface area contributed by atoms with E-state index in [1.807, 2.05) is 0 Å². The van der Waals surface area contributed by atoms with Crippen molar-refractivity contribution in [3.05, 3.63) is 66.0 Å². The maximum atomic E-state index is 13.1. The molecule has 1 heterocycles. The van der Waals surface area contributed by atoms with Crippen LogP contribution >= 0.6 is 11.8 Å². The molecule has 0 aliphatic rings. The predicted octanol–water partition coefficient (Wildman–Crippen LogP) is 2.56. The number of amides is 2. The number of thioether (sulfide) groups is 1. The smallest absolute Gasteiger partial charge is 0.269 e. The maximum absolute atomic E-state index is 13.1. The van der Waals surface area contributed by atoms with E-state index in [9.17, 15) is 14.0 Å². The Hall–Kier alpha value is -3.20. The topological polar surface area (TPSA) is 88.9 Å². The first-order valence-corrected chi connectivity index (χ1v) is 9.31. The van der Waals surface area contributed by atoms with Gasteiger partial charge in [0.05, 0.1) is 5.25 Å². The van der Waals surface area contributed by atoms with Crippen molar-refractivity contribution in [3.8, 4) is 11.4 Å². The second-order valence-electron chi connectivity index (χ2n) is 5.94. The molecule has 7 nitrogen and oxygen atoms in total. The molecular weight excluding hydrogens is 381 g/mol. The normalized spacial score (nSPS) is 11.7. The van der Waals surface area contributed by atoms with Gasteiger partial charge < -0.3 is 4.57 Å². The van der Waals surface area contributed by atoms with Crippen LogP contribution in [0.2, 0.25) is 0 Å². The van der Waals surface area contributed by atoms with E-state index in [0.29, 0.717) is 16.5 Å². The number of nitrogens with one attached hydrogen (secondary N) is 2. The molecule has 0 saturated heterocycles. The van der Waals surface area contributed by atoms with Crippen molar-refractivity contribution in [1.82, 2.24) is 25.6 Å². The second kappa shape index (κ2) is 8.66. The molecule has 1 aromatic heterocycles. The molecule has 144 valence electrons. The summed E-state index contributed by atoms with van der Waals surface area (Å²) in [6.07, 6.45) is 0. The van der Waals surface area contributed by atoms with Crippen LogP contribution in [0.15, 0.2) is 59.8 Å². The fraction of sp³-hybridized carbons (Fsp3) is 0.158. The zero-order valence-corrected chi connectivity index (χ0v) is 16.0. The first-order chi connectivity index (χ1) is 13.5. The molecule has 0 spiro atoms. The Morgan fingerprint density at radius 1 is 1.04 bits per heavy atom. The molecule has 3 rings (SSSR count). The maximum Gasteiger partial charge on any atom is 0.269 e. The summed E-state index contributed by atoms with van der Waals surface area (Å²) < 4.78 is 14.8. The third-order valence-electron chi connectivity index (χ3n) is 3.92. The highest BCUT2D eigenvalue weighted by Gasteiger charge is 2.20. The molecule has 28 heavy (non-hydrogen) atoms. The highest BCUT2D eigenvalue weighted by atomic mass is 32.2. The molecule has 2 aromatic carbocycles. The lowest BCUT2D eigenvalue weighted by Crippen LogP contribution is -2.44. The molecule has 0 saturated carbocycles. The fourth-order valence-electron chi connectivity index (χ4n) is 2.36. The van der Waals surface area contributed by atoms with Gasteiger partial charge >= 0.3 is 0 Å². The van der Waals surface area contributed by atoms with Crippen molar-refractivity contribution in [2.24, 2.45) is 7.05 Å². The Balaban J connectivity index is 1.60. The Bertz CT molecular complexity index is 976. The molecule has 2 amide bonds. The number of carbonyl (C=O) groups excluding carboxylic acids is 2. The summed E-state index contributed by atoms with van der Waals surface area (Å²) >= 11 is 1.20. The Morgan fingerprint density at radius 2 is 1.71 bits per heavy atom. The number of halogens is 1. The average molecular weight is 399 g/mol. The van der Waals surface area contributed by atoms with E-state index in [-0.39, 0.29) is 11.7 Å². The van der Waals surface area contributed by atoms with E-state index in [4.69, 9.17) is 0 Å². The number of rotatable bonds is 5. The van der Waals surface area contributed by atoms with E-state index in [1.165, 1.54) is 23.9 Å². The van der Waals surface area contributed by atoms with Crippen LogP contribution in [0.5, 0.6) is 0 Å². The number of carbonyl (C=O) groups is 2. The van der Waals surface area contributed by atoms with E-state index >= 15 is 0 Å². The molecule has 9 heteroatoms. The van der Waals surface area contributed by atoms with Gasteiger partial charge in [-0.05, 0) is 43.3 Å². The van der Waals surface area contributed by atoms with Crippen LogP contribution in [-0.2, 0) is 11.8 Å². The summed E-state index contributed by atoms with van der Waals surface area (Å²) in [5, 5.41) is 8.20. The van der Waals surface area contributed by atoms with Crippen molar-refractivity contribution in [2.75, 3.05) is 0 Å². The number of aromatic nitrogens is 3. The number of nitrogens with zero attached hydrogens (tertiary/aromatic N) is 3. The van der Waals surface area contributed by atoms with E-state index in [1.54, 1.807) is 61.0 Å². The van der Waals surface area contributed by atoms with Gasteiger partial charge in [-0.15, -0.1) is 10.2 Å². The van der Waals surface area contributed by atoms with E-state index in [2.05, 4.69) is 21.0 Å². The van der Waals surface area contributed by atoms with Gasteiger partial charge in [0.1, 0.15) is 5.82 Å². The number of hydrazine groups is 1. The van der Waals surface area contributed by atoms with Gasteiger partial charge in [0, 0.05) is 18.2 Å². The lowest BCUT2D eigenvalue weighted by molar-refractivity contribution is -0.121. The highest BCUT2D eigenvalue weighted by Crippen LogP contribution is 2.25. The lowest BCUT2D eigenvalue weighted by atomic mass is 10.2. The van der Waals surface area contributed by atoms with Crippen molar-refractivity contribution < 1.29 is 14.0 Å². The molecule has 0 unspecified atom stereocenters. The van der Waals surface area contributed by atoms with Crippen LogP contribution in [0.25, 0.3) is 11.4 Å². The Kier molecular flexibility index (Phi) is 6.05. The minimum Gasteiger partial charge on any atom is -0.305 e. The van der Waals surface area contributed by atoms with Crippen LogP contribution in [-0.4, -0.2) is 31.8 Å². The minimum absolute atomic E-state index is 0.330. The van der Waals surface area contributed by atoms with Crippen LogP contribution in [0.1, 0.15) is 17.3 Å². The largest absolute Gasteiger partial charge is 0.305 e. The third-order valence-corrected chi connectivity index (χ3v) is 5.06. The quantitative estimate of drug-likeness (QED) is 0.509. The molecule has 0 fully saturated rings. The molecule has 0 bridgehead atoms. The summed E-state index contributed by atoms with van der Waals surface area (Å²) in [7, 11) is 1.77.